The van der Waals surface area contributed by atoms with E-state index in [4.69, 9.17) is 14.2 Å². The highest BCUT2D eigenvalue weighted by atomic mass is 16.6. The van der Waals surface area contributed by atoms with E-state index in [-0.39, 0.29) is 18.2 Å². The zero-order valence-electron chi connectivity index (χ0n) is 14.7. The molecule has 0 bridgehead atoms. The number of methoxy groups -OCH3 is 2. The quantitative estimate of drug-likeness (QED) is 0.807. The average Bonchev–Trinajstić information content (AvgIpc) is 3.21. The molecule has 1 aromatic heterocycles. The largest absolute Gasteiger partial charge is 0.493 e. The molecule has 0 radical (unpaired) electrons. The highest BCUT2D eigenvalue weighted by Crippen LogP contribution is 2.32. The van der Waals surface area contributed by atoms with Crippen molar-refractivity contribution in [1.29, 1.82) is 0 Å². The summed E-state index contributed by atoms with van der Waals surface area (Å²) in [6.07, 6.45) is 2.96. The smallest absolute Gasteiger partial charge is 0.410 e. The molecule has 3 heterocycles. The van der Waals surface area contributed by atoms with Gasteiger partial charge < -0.3 is 19.1 Å². The first kappa shape index (κ1) is 16.4. The van der Waals surface area contributed by atoms with Gasteiger partial charge in [0.05, 0.1) is 26.8 Å². The van der Waals surface area contributed by atoms with E-state index in [0.717, 1.165) is 5.56 Å². The summed E-state index contributed by atoms with van der Waals surface area (Å²) < 4.78 is 16.2. The van der Waals surface area contributed by atoms with E-state index >= 15 is 0 Å². The minimum atomic E-state index is -0.289. The van der Waals surface area contributed by atoms with Gasteiger partial charge in [0.25, 0.3) is 0 Å². The lowest BCUT2D eigenvalue weighted by atomic mass is 10.1. The molecule has 8 nitrogen and oxygen atoms in total. The van der Waals surface area contributed by atoms with E-state index < -0.39 is 0 Å². The maximum absolute atomic E-state index is 12.3. The first-order valence-electron chi connectivity index (χ1n) is 8.39. The fourth-order valence-corrected chi connectivity index (χ4v) is 3.48. The van der Waals surface area contributed by atoms with Crippen LogP contribution in [-0.4, -0.2) is 60.4 Å². The second kappa shape index (κ2) is 6.70. The van der Waals surface area contributed by atoms with Gasteiger partial charge >= 0.3 is 6.09 Å². The lowest BCUT2D eigenvalue weighted by molar-refractivity contribution is 0.135. The lowest BCUT2D eigenvalue weighted by Gasteiger charge is -2.22. The molecule has 2 aliphatic heterocycles. The summed E-state index contributed by atoms with van der Waals surface area (Å²) in [5.74, 6) is 1.95. The standard InChI is InChI=1S/C18H20N4O4/c1-24-14-5-4-12(8-15(14)25-2)9-22-13-10-21(11-16(13)26-18(22)23)17-19-6-3-7-20-17/h3-8,13,16H,9-11H2,1-2H3/t13-,16+/m1/s1. The second-order valence-electron chi connectivity index (χ2n) is 6.26. The van der Waals surface area contributed by atoms with E-state index in [0.29, 0.717) is 37.1 Å². The molecule has 0 spiro atoms. The Morgan fingerprint density at radius 1 is 1.15 bits per heavy atom. The Morgan fingerprint density at radius 3 is 2.65 bits per heavy atom. The van der Waals surface area contributed by atoms with Crippen LogP contribution >= 0.6 is 0 Å². The number of carbonyl (C=O) groups is 1. The molecule has 2 aromatic rings. The zero-order chi connectivity index (χ0) is 18.1. The lowest BCUT2D eigenvalue weighted by Crippen LogP contribution is -2.37. The fourth-order valence-electron chi connectivity index (χ4n) is 3.48. The Morgan fingerprint density at radius 2 is 1.92 bits per heavy atom. The van der Waals surface area contributed by atoms with Crippen LogP contribution < -0.4 is 14.4 Å². The van der Waals surface area contributed by atoms with Crippen molar-refractivity contribution < 1.29 is 19.0 Å². The molecule has 0 aliphatic carbocycles. The van der Waals surface area contributed by atoms with Gasteiger partial charge in [0, 0.05) is 25.5 Å². The predicted octanol–water partition coefficient (Wildman–Crippen LogP) is 1.70. The normalized spacial score (nSPS) is 21.5. The van der Waals surface area contributed by atoms with E-state index in [1.54, 1.807) is 37.6 Å². The number of anilines is 1. The summed E-state index contributed by atoms with van der Waals surface area (Å²) in [5, 5.41) is 0. The van der Waals surface area contributed by atoms with E-state index in [2.05, 4.69) is 9.97 Å². The van der Waals surface area contributed by atoms with Crippen molar-refractivity contribution in [3.8, 4) is 11.5 Å². The van der Waals surface area contributed by atoms with Crippen molar-refractivity contribution in [1.82, 2.24) is 14.9 Å². The van der Waals surface area contributed by atoms with Crippen LogP contribution in [0.3, 0.4) is 0 Å². The molecule has 0 unspecified atom stereocenters. The molecule has 2 saturated heterocycles. The highest BCUT2D eigenvalue weighted by molar-refractivity contribution is 5.71. The Balaban J connectivity index is 1.51. The molecule has 26 heavy (non-hydrogen) atoms. The summed E-state index contributed by atoms with van der Waals surface area (Å²) >= 11 is 0. The molecule has 2 aliphatic rings. The average molecular weight is 356 g/mol. The number of carbonyl (C=O) groups excluding carboxylic acids is 1. The van der Waals surface area contributed by atoms with Crippen LogP contribution in [0.1, 0.15) is 5.56 Å². The van der Waals surface area contributed by atoms with Crippen LogP contribution in [0.4, 0.5) is 10.7 Å². The Labute approximate surface area is 151 Å². The highest BCUT2D eigenvalue weighted by Gasteiger charge is 2.48. The zero-order valence-corrected chi connectivity index (χ0v) is 14.7. The van der Waals surface area contributed by atoms with Gasteiger partial charge in [-0.2, -0.15) is 0 Å². The molecule has 8 heteroatoms. The summed E-state index contributed by atoms with van der Waals surface area (Å²) in [6, 6.07) is 7.40. The number of aromatic nitrogens is 2. The number of rotatable bonds is 5. The summed E-state index contributed by atoms with van der Waals surface area (Å²) in [4.78, 5) is 24.7. The van der Waals surface area contributed by atoms with Crippen LogP contribution in [0.25, 0.3) is 0 Å². The number of ether oxygens (including phenoxy) is 3. The molecular weight excluding hydrogens is 336 g/mol. The first-order valence-corrected chi connectivity index (χ1v) is 8.39. The summed E-state index contributed by atoms with van der Waals surface area (Å²) in [5.41, 5.74) is 0.953. The molecular formula is C18H20N4O4. The molecule has 0 N–H and O–H groups in total. The number of amides is 1. The number of hydrogen-bond acceptors (Lipinski definition) is 7. The third kappa shape index (κ3) is 2.87. The molecule has 1 amide bonds. The molecule has 2 fully saturated rings. The van der Waals surface area contributed by atoms with Gasteiger partial charge in [0.2, 0.25) is 5.95 Å². The van der Waals surface area contributed by atoms with Gasteiger partial charge in [-0.1, -0.05) is 6.07 Å². The van der Waals surface area contributed by atoms with Gasteiger partial charge in [0.15, 0.2) is 11.5 Å². The van der Waals surface area contributed by atoms with E-state index in [9.17, 15) is 4.79 Å². The van der Waals surface area contributed by atoms with Gasteiger partial charge in [-0.05, 0) is 23.8 Å². The molecule has 4 rings (SSSR count). The molecule has 136 valence electrons. The van der Waals surface area contributed by atoms with Crippen molar-refractivity contribution in [3.63, 3.8) is 0 Å². The van der Waals surface area contributed by atoms with Gasteiger partial charge in [-0.3, -0.25) is 4.90 Å². The number of benzene rings is 1. The van der Waals surface area contributed by atoms with Gasteiger partial charge in [-0.25, -0.2) is 14.8 Å². The number of hydrogen-bond donors (Lipinski definition) is 0. The maximum atomic E-state index is 12.3. The molecule has 1 aromatic carbocycles. The maximum Gasteiger partial charge on any atom is 0.410 e. The van der Waals surface area contributed by atoms with Crippen LogP contribution in [0.2, 0.25) is 0 Å². The van der Waals surface area contributed by atoms with Crippen LogP contribution in [0, 0.1) is 0 Å². The van der Waals surface area contributed by atoms with Crippen molar-refractivity contribution >= 4 is 12.0 Å². The van der Waals surface area contributed by atoms with Crippen LogP contribution in [0.15, 0.2) is 36.7 Å². The minimum absolute atomic E-state index is 0.0283. The Bertz CT molecular complexity index is 801. The Kier molecular flexibility index (Phi) is 4.24. The van der Waals surface area contributed by atoms with Crippen molar-refractivity contribution in [3.05, 3.63) is 42.2 Å². The molecule has 2 atom stereocenters. The van der Waals surface area contributed by atoms with Gasteiger partial charge in [0.1, 0.15) is 6.10 Å². The Hall–Kier alpha value is -3.03. The fraction of sp³-hybridized carbons (Fsp3) is 0.389. The minimum Gasteiger partial charge on any atom is -0.493 e. The monoisotopic (exact) mass is 356 g/mol. The van der Waals surface area contributed by atoms with E-state index in [1.165, 1.54) is 0 Å². The van der Waals surface area contributed by atoms with Crippen molar-refractivity contribution in [2.24, 2.45) is 0 Å². The van der Waals surface area contributed by atoms with Gasteiger partial charge in [-0.15, -0.1) is 0 Å². The SMILES string of the molecule is COc1ccc(CN2C(=O)O[C@H]3CN(c4ncccn4)C[C@H]32)cc1OC. The number of fused-ring (bicyclic) bond motifs is 1. The summed E-state index contributed by atoms with van der Waals surface area (Å²) in [7, 11) is 3.19. The topological polar surface area (TPSA) is 77.0 Å². The van der Waals surface area contributed by atoms with Crippen molar-refractivity contribution in [2.45, 2.75) is 18.7 Å². The number of nitrogens with zero attached hydrogens (tertiary/aromatic N) is 4. The first-order chi connectivity index (χ1) is 12.7. The molecule has 0 saturated carbocycles. The third-order valence-electron chi connectivity index (χ3n) is 4.76. The predicted molar refractivity (Wildman–Crippen MR) is 93.4 cm³/mol. The second-order valence-corrected chi connectivity index (χ2v) is 6.26. The third-order valence-corrected chi connectivity index (χ3v) is 4.76. The van der Waals surface area contributed by atoms with Crippen molar-refractivity contribution in [2.75, 3.05) is 32.2 Å². The van der Waals surface area contributed by atoms with Crippen LogP contribution in [0.5, 0.6) is 11.5 Å². The van der Waals surface area contributed by atoms with Crippen LogP contribution in [-0.2, 0) is 11.3 Å². The van der Waals surface area contributed by atoms with E-state index in [1.807, 2.05) is 23.1 Å². The summed E-state index contributed by atoms with van der Waals surface area (Å²) in [6.45, 7) is 1.69.